The van der Waals surface area contributed by atoms with Crippen molar-refractivity contribution in [3.05, 3.63) is 0 Å². The van der Waals surface area contributed by atoms with Crippen LogP contribution in [0.25, 0.3) is 0 Å². The molecule has 0 rings (SSSR count). The maximum atomic E-state index is 11.5. The SMILES string of the molecule is CC(N)C(C)C(=O)NCCCCCCC(=O)O. The highest BCUT2D eigenvalue weighted by molar-refractivity contribution is 5.78. The van der Waals surface area contributed by atoms with E-state index in [0.29, 0.717) is 13.0 Å². The van der Waals surface area contributed by atoms with E-state index in [9.17, 15) is 9.59 Å². The van der Waals surface area contributed by atoms with Crippen LogP contribution in [0, 0.1) is 5.92 Å². The van der Waals surface area contributed by atoms with Gasteiger partial charge in [0.15, 0.2) is 0 Å². The Morgan fingerprint density at radius 2 is 1.76 bits per heavy atom. The molecule has 5 heteroatoms. The Morgan fingerprint density at radius 3 is 2.29 bits per heavy atom. The van der Waals surface area contributed by atoms with Gasteiger partial charge in [-0.15, -0.1) is 0 Å². The largest absolute Gasteiger partial charge is 0.481 e. The molecule has 2 unspecified atom stereocenters. The first kappa shape index (κ1) is 15.9. The maximum absolute atomic E-state index is 11.5. The minimum absolute atomic E-state index is 0.00876. The average Bonchev–Trinajstić information content (AvgIpc) is 2.25. The van der Waals surface area contributed by atoms with Crippen molar-refractivity contribution in [2.75, 3.05) is 6.54 Å². The second-order valence-corrected chi connectivity index (χ2v) is 4.50. The number of nitrogens with one attached hydrogen (secondary N) is 1. The summed E-state index contributed by atoms with van der Waals surface area (Å²) in [5, 5.41) is 11.3. The van der Waals surface area contributed by atoms with Gasteiger partial charge in [0.2, 0.25) is 5.91 Å². The Kier molecular flexibility index (Phi) is 8.40. The van der Waals surface area contributed by atoms with Gasteiger partial charge in [0, 0.05) is 24.9 Å². The van der Waals surface area contributed by atoms with Crippen LogP contribution in [0.4, 0.5) is 0 Å². The fourth-order valence-electron chi connectivity index (χ4n) is 1.37. The van der Waals surface area contributed by atoms with Gasteiger partial charge < -0.3 is 16.2 Å². The number of aliphatic carboxylic acids is 1. The summed E-state index contributed by atoms with van der Waals surface area (Å²) in [6.45, 7) is 4.27. The number of amides is 1. The van der Waals surface area contributed by atoms with Crippen LogP contribution in [0.15, 0.2) is 0 Å². The van der Waals surface area contributed by atoms with Gasteiger partial charge in [-0.1, -0.05) is 19.8 Å². The number of carboxylic acids is 1. The van der Waals surface area contributed by atoms with Gasteiger partial charge in [-0.25, -0.2) is 0 Å². The Bertz CT molecular complexity index is 242. The van der Waals surface area contributed by atoms with E-state index in [2.05, 4.69) is 5.32 Å². The highest BCUT2D eigenvalue weighted by Crippen LogP contribution is 2.03. The zero-order valence-electron chi connectivity index (χ0n) is 10.7. The standard InChI is InChI=1S/C12H24N2O3/c1-9(10(2)13)12(17)14-8-6-4-3-5-7-11(15)16/h9-10H,3-8,13H2,1-2H3,(H,14,17)(H,15,16). The van der Waals surface area contributed by atoms with Gasteiger partial charge in [-0.2, -0.15) is 0 Å². The van der Waals surface area contributed by atoms with E-state index in [4.69, 9.17) is 10.8 Å². The van der Waals surface area contributed by atoms with Gasteiger partial charge in [-0.05, 0) is 19.8 Å². The molecule has 0 aliphatic heterocycles. The lowest BCUT2D eigenvalue weighted by Gasteiger charge is -2.15. The van der Waals surface area contributed by atoms with Crippen LogP contribution >= 0.6 is 0 Å². The summed E-state index contributed by atoms with van der Waals surface area (Å²) in [5.74, 6) is -0.920. The van der Waals surface area contributed by atoms with Gasteiger partial charge in [-0.3, -0.25) is 9.59 Å². The van der Waals surface area contributed by atoms with Crippen LogP contribution in [0.3, 0.4) is 0 Å². The van der Waals surface area contributed by atoms with Gasteiger partial charge in [0.25, 0.3) is 0 Å². The number of hydrogen-bond donors (Lipinski definition) is 3. The van der Waals surface area contributed by atoms with E-state index in [0.717, 1.165) is 19.3 Å². The highest BCUT2D eigenvalue weighted by atomic mass is 16.4. The van der Waals surface area contributed by atoms with E-state index in [-0.39, 0.29) is 24.3 Å². The number of rotatable bonds is 9. The molecule has 5 nitrogen and oxygen atoms in total. The second kappa shape index (κ2) is 8.98. The third kappa shape index (κ3) is 8.68. The number of carbonyl (C=O) groups is 2. The van der Waals surface area contributed by atoms with E-state index < -0.39 is 5.97 Å². The van der Waals surface area contributed by atoms with E-state index >= 15 is 0 Å². The van der Waals surface area contributed by atoms with Crippen molar-refractivity contribution < 1.29 is 14.7 Å². The molecule has 0 aromatic heterocycles. The molecule has 0 fully saturated rings. The van der Waals surface area contributed by atoms with Crippen molar-refractivity contribution in [2.24, 2.45) is 11.7 Å². The zero-order valence-corrected chi connectivity index (χ0v) is 10.7. The fourth-order valence-corrected chi connectivity index (χ4v) is 1.37. The van der Waals surface area contributed by atoms with Crippen molar-refractivity contribution in [2.45, 2.75) is 52.0 Å². The molecule has 2 atom stereocenters. The molecule has 0 saturated heterocycles. The summed E-state index contributed by atoms with van der Waals surface area (Å²) in [7, 11) is 0. The van der Waals surface area contributed by atoms with E-state index in [1.165, 1.54) is 0 Å². The Labute approximate surface area is 103 Å². The van der Waals surface area contributed by atoms with Crippen molar-refractivity contribution in [1.82, 2.24) is 5.32 Å². The predicted molar refractivity (Wildman–Crippen MR) is 66.5 cm³/mol. The molecule has 17 heavy (non-hydrogen) atoms. The molecular weight excluding hydrogens is 220 g/mol. The van der Waals surface area contributed by atoms with Crippen LogP contribution in [0.1, 0.15) is 46.0 Å². The van der Waals surface area contributed by atoms with Crippen molar-refractivity contribution in [1.29, 1.82) is 0 Å². The molecule has 0 aliphatic carbocycles. The van der Waals surface area contributed by atoms with Gasteiger partial charge in [0.1, 0.15) is 0 Å². The summed E-state index contributed by atoms with van der Waals surface area (Å²) in [4.78, 5) is 21.7. The third-order valence-electron chi connectivity index (χ3n) is 2.82. The summed E-state index contributed by atoms with van der Waals surface area (Å²) in [5.41, 5.74) is 5.62. The molecular formula is C12H24N2O3. The Balaban J connectivity index is 3.39. The number of unbranched alkanes of at least 4 members (excludes halogenated alkanes) is 3. The Morgan fingerprint density at radius 1 is 1.18 bits per heavy atom. The highest BCUT2D eigenvalue weighted by Gasteiger charge is 2.15. The first-order chi connectivity index (χ1) is 7.95. The van der Waals surface area contributed by atoms with Crippen molar-refractivity contribution in [3.8, 4) is 0 Å². The average molecular weight is 244 g/mol. The lowest BCUT2D eigenvalue weighted by atomic mass is 10.0. The summed E-state index contributed by atoms with van der Waals surface area (Å²) in [6.07, 6.45) is 3.66. The number of carboxylic acid groups (broad SMARTS) is 1. The Hall–Kier alpha value is -1.10. The second-order valence-electron chi connectivity index (χ2n) is 4.50. The fraction of sp³-hybridized carbons (Fsp3) is 0.833. The monoisotopic (exact) mass is 244 g/mol. The molecule has 4 N–H and O–H groups in total. The normalized spacial score (nSPS) is 14.1. The van der Waals surface area contributed by atoms with Crippen molar-refractivity contribution in [3.63, 3.8) is 0 Å². The minimum Gasteiger partial charge on any atom is -0.481 e. The molecule has 100 valence electrons. The summed E-state index contributed by atoms with van der Waals surface area (Å²) < 4.78 is 0. The van der Waals surface area contributed by atoms with Crippen LogP contribution in [-0.4, -0.2) is 29.6 Å². The number of hydrogen-bond acceptors (Lipinski definition) is 3. The minimum atomic E-state index is -0.746. The molecule has 0 aromatic rings. The van der Waals surface area contributed by atoms with Crippen LogP contribution in [0.2, 0.25) is 0 Å². The van der Waals surface area contributed by atoms with Crippen LogP contribution in [-0.2, 0) is 9.59 Å². The first-order valence-electron chi connectivity index (χ1n) is 6.20. The smallest absolute Gasteiger partial charge is 0.303 e. The number of nitrogens with two attached hydrogens (primary N) is 1. The molecule has 1 amide bonds. The predicted octanol–water partition coefficient (Wildman–Crippen LogP) is 1.12. The number of carbonyl (C=O) groups excluding carboxylic acids is 1. The third-order valence-corrected chi connectivity index (χ3v) is 2.82. The first-order valence-corrected chi connectivity index (χ1v) is 6.20. The van der Waals surface area contributed by atoms with Gasteiger partial charge >= 0.3 is 5.97 Å². The molecule has 0 radical (unpaired) electrons. The molecule has 0 aromatic carbocycles. The van der Waals surface area contributed by atoms with E-state index in [1.807, 2.05) is 13.8 Å². The quantitative estimate of drug-likeness (QED) is 0.530. The molecule has 0 bridgehead atoms. The maximum Gasteiger partial charge on any atom is 0.303 e. The topological polar surface area (TPSA) is 92.4 Å². The summed E-state index contributed by atoms with van der Waals surface area (Å²) in [6, 6.07) is -0.134. The van der Waals surface area contributed by atoms with Gasteiger partial charge in [0.05, 0.1) is 0 Å². The molecule has 0 saturated carbocycles. The van der Waals surface area contributed by atoms with Crippen LogP contribution in [0.5, 0.6) is 0 Å². The lowest BCUT2D eigenvalue weighted by molar-refractivity contribution is -0.137. The molecule has 0 heterocycles. The molecule has 0 spiro atoms. The summed E-state index contributed by atoms with van der Waals surface area (Å²) >= 11 is 0. The van der Waals surface area contributed by atoms with Crippen molar-refractivity contribution >= 4 is 11.9 Å². The lowest BCUT2D eigenvalue weighted by Crippen LogP contribution is -2.38. The molecule has 0 aliphatic rings. The zero-order chi connectivity index (χ0) is 13.3. The van der Waals surface area contributed by atoms with Crippen LogP contribution < -0.4 is 11.1 Å². The van der Waals surface area contributed by atoms with E-state index in [1.54, 1.807) is 0 Å².